The van der Waals surface area contributed by atoms with Crippen LogP contribution in [0.2, 0.25) is 0 Å². The number of anilines is 1. The third kappa shape index (κ3) is 2.63. The summed E-state index contributed by atoms with van der Waals surface area (Å²) in [7, 11) is 1.68. The molecule has 4 heteroatoms. The first-order valence-electron chi connectivity index (χ1n) is 7.80. The van der Waals surface area contributed by atoms with Crippen LogP contribution in [0.3, 0.4) is 0 Å². The first kappa shape index (κ1) is 14.5. The van der Waals surface area contributed by atoms with Gasteiger partial charge in [0.05, 0.1) is 18.5 Å². The number of nitrogen functional groups attached to an aromatic ring is 1. The van der Waals surface area contributed by atoms with Crippen molar-refractivity contribution in [3.8, 4) is 16.9 Å². The molecule has 0 radical (unpaired) electrons. The molecule has 0 unspecified atom stereocenters. The first-order chi connectivity index (χ1) is 11.7. The number of nitrogens with two attached hydrogens (primary N) is 1. The minimum Gasteiger partial charge on any atom is -0.497 e. The Kier molecular flexibility index (Phi) is 3.50. The third-order valence-corrected chi connectivity index (χ3v) is 4.24. The van der Waals surface area contributed by atoms with Gasteiger partial charge in [0, 0.05) is 18.2 Å². The van der Waals surface area contributed by atoms with Gasteiger partial charge in [-0.3, -0.25) is 4.99 Å². The van der Waals surface area contributed by atoms with E-state index in [1.54, 1.807) is 13.3 Å². The number of aliphatic imine (C=N–C) groups is 1. The van der Waals surface area contributed by atoms with Crippen LogP contribution in [-0.2, 0) is 6.42 Å². The lowest BCUT2D eigenvalue weighted by Gasteiger charge is -2.05. The van der Waals surface area contributed by atoms with Gasteiger partial charge in [0.15, 0.2) is 0 Å². The summed E-state index contributed by atoms with van der Waals surface area (Å²) in [4.78, 5) is 8.88. The van der Waals surface area contributed by atoms with Crippen molar-refractivity contribution >= 4 is 17.2 Å². The van der Waals surface area contributed by atoms with E-state index in [0.29, 0.717) is 5.82 Å². The monoisotopic (exact) mass is 315 g/mol. The molecule has 1 aliphatic heterocycles. The van der Waals surface area contributed by atoms with E-state index in [1.165, 1.54) is 5.56 Å². The van der Waals surface area contributed by atoms with Crippen molar-refractivity contribution in [2.45, 2.75) is 6.42 Å². The predicted molar refractivity (Wildman–Crippen MR) is 97.0 cm³/mol. The summed E-state index contributed by atoms with van der Waals surface area (Å²) in [6, 6.07) is 18.2. The highest BCUT2D eigenvalue weighted by Gasteiger charge is 2.16. The molecular weight excluding hydrogens is 298 g/mol. The SMILES string of the molecule is COc1ccc2c(c1)CC(c1ccc(-c3ccc(N)nc3)cc1)=N2. The molecule has 0 fully saturated rings. The second kappa shape index (κ2) is 5.81. The lowest BCUT2D eigenvalue weighted by Crippen LogP contribution is -2.00. The molecule has 4 nitrogen and oxygen atoms in total. The molecule has 2 heterocycles. The van der Waals surface area contributed by atoms with Crippen LogP contribution >= 0.6 is 0 Å². The van der Waals surface area contributed by atoms with Gasteiger partial charge < -0.3 is 10.5 Å². The number of aromatic nitrogens is 1. The smallest absolute Gasteiger partial charge is 0.123 e. The maximum absolute atomic E-state index is 5.64. The number of rotatable bonds is 3. The van der Waals surface area contributed by atoms with E-state index in [1.807, 2.05) is 24.3 Å². The van der Waals surface area contributed by atoms with Crippen LogP contribution in [0.4, 0.5) is 11.5 Å². The molecule has 1 aromatic heterocycles. The summed E-state index contributed by atoms with van der Waals surface area (Å²) in [6.07, 6.45) is 2.62. The van der Waals surface area contributed by atoms with E-state index >= 15 is 0 Å². The highest BCUT2D eigenvalue weighted by atomic mass is 16.5. The molecule has 2 N–H and O–H groups in total. The fourth-order valence-corrected chi connectivity index (χ4v) is 2.90. The van der Waals surface area contributed by atoms with E-state index in [9.17, 15) is 0 Å². The zero-order chi connectivity index (χ0) is 16.5. The molecule has 0 amide bonds. The van der Waals surface area contributed by atoms with Crippen LogP contribution < -0.4 is 10.5 Å². The zero-order valence-electron chi connectivity index (χ0n) is 13.4. The summed E-state index contributed by atoms with van der Waals surface area (Å²) in [5, 5.41) is 0. The lowest BCUT2D eigenvalue weighted by molar-refractivity contribution is 0.414. The standard InChI is InChI=1S/C20H17N3O/c1-24-17-7-8-18-16(10-17)11-19(23-18)14-4-2-13(3-5-14)15-6-9-20(21)22-12-15/h2-10,12H,11H2,1H3,(H2,21,22). The van der Waals surface area contributed by atoms with Gasteiger partial charge in [0.2, 0.25) is 0 Å². The van der Waals surface area contributed by atoms with Crippen LogP contribution in [0, 0.1) is 0 Å². The minimum atomic E-state index is 0.531. The molecule has 24 heavy (non-hydrogen) atoms. The highest BCUT2D eigenvalue weighted by Crippen LogP contribution is 2.32. The van der Waals surface area contributed by atoms with Crippen LogP contribution in [0.5, 0.6) is 5.75 Å². The normalized spacial score (nSPS) is 12.6. The molecular formula is C20H17N3O. The first-order valence-corrected chi connectivity index (χ1v) is 7.80. The average molecular weight is 315 g/mol. The topological polar surface area (TPSA) is 60.5 Å². The van der Waals surface area contributed by atoms with Crippen LogP contribution in [0.15, 0.2) is 65.8 Å². The number of benzene rings is 2. The summed E-state index contributed by atoms with van der Waals surface area (Å²) >= 11 is 0. The summed E-state index contributed by atoms with van der Waals surface area (Å²) in [6.45, 7) is 0. The van der Waals surface area contributed by atoms with E-state index < -0.39 is 0 Å². The maximum Gasteiger partial charge on any atom is 0.123 e. The maximum atomic E-state index is 5.64. The quantitative estimate of drug-likeness (QED) is 0.794. The van der Waals surface area contributed by atoms with Crippen molar-refractivity contribution in [3.05, 3.63) is 71.9 Å². The molecule has 2 aromatic carbocycles. The van der Waals surface area contributed by atoms with Gasteiger partial charge in [-0.15, -0.1) is 0 Å². The Hall–Kier alpha value is -3.14. The molecule has 0 saturated carbocycles. The minimum absolute atomic E-state index is 0.531. The molecule has 1 aliphatic rings. The molecule has 118 valence electrons. The molecule has 4 rings (SSSR count). The van der Waals surface area contributed by atoms with Gasteiger partial charge >= 0.3 is 0 Å². The van der Waals surface area contributed by atoms with Gasteiger partial charge in [-0.05, 0) is 47.0 Å². The van der Waals surface area contributed by atoms with E-state index in [2.05, 4.69) is 35.3 Å². The number of nitrogens with zero attached hydrogens (tertiary/aromatic N) is 2. The Morgan fingerprint density at radius 2 is 1.67 bits per heavy atom. The Bertz CT molecular complexity index is 913. The van der Waals surface area contributed by atoms with Gasteiger partial charge in [-0.2, -0.15) is 0 Å². The number of fused-ring (bicyclic) bond motifs is 1. The number of hydrogen-bond donors (Lipinski definition) is 1. The summed E-state index contributed by atoms with van der Waals surface area (Å²) in [5.74, 6) is 1.40. The fourth-order valence-electron chi connectivity index (χ4n) is 2.90. The van der Waals surface area contributed by atoms with Crippen molar-refractivity contribution in [3.63, 3.8) is 0 Å². The number of hydrogen-bond acceptors (Lipinski definition) is 4. The van der Waals surface area contributed by atoms with Crippen LogP contribution in [0.25, 0.3) is 11.1 Å². The van der Waals surface area contributed by atoms with Crippen molar-refractivity contribution in [2.24, 2.45) is 4.99 Å². The molecule has 0 aliphatic carbocycles. The average Bonchev–Trinajstić information content (AvgIpc) is 3.05. The number of methoxy groups -OCH3 is 1. The number of ether oxygens (including phenoxy) is 1. The predicted octanol–water partition coefficient (Wildman–Crippen LogP) is 4.02. The van der Waals surface area contributed by atoms with E-state index in [0.717, 1.165) is 40.3 Å². The Morgan fingerprint density at radius 3 is 2.38 bits per heavy atom. The molecule has 0 saturated heterocycles. The highest BCUT2D eigenvalue weighted by molar-refractivity contribution is 6.06. The fraction of sp³-hybridized carbons (Fsp3) is 0.100. The van der Waals surface area contributed by atoms with E-state index in [4.69, 9.17) is 15.5 Å². The summed E-state index contributed by atoms with van der Waals surface area (Å²) < 4.78 is 5.29. The van der Waals surface area contributed by atoms with Gasteiger partial charge in [-0.25, -0.2) is 4.98 Å². The molecule has 0 bridgehead atoms. The van der Waals surface area contributed by atoms with Gasteiger partial charge in [-0.1, -0.05) is 24.3 Å². The lowest BCUT2D eigenvalue weighted by atomic mass is 10.0. The largest absolute Gasteiger partial charge is 0.497 e. The Labute approximate surface area is 140 Å². The van der Waals surface area contributed by atoms with Gasteiger partial charge in [0.1, 0.15) is 11.6 Å². The van der Waals surface area contributed by atoms with Crippen molar-refractivity contribution in [1.29, 1.82) is 0 Å². The summed E-state index contributed by atoms with van der Waals surface area (Å²) in [5.41, 5.74) is 12.3. The second-order valence-electron chi connectivity index (χ2n) is 5.78. The van der Waals surface area contributed by atoms with Gasteiger partial charge in [0.25, 0.3) is 0 Å². The second-order valence-corrected chi connectivity index (χ2v) is 5.78. The van der Waals surface area contributed by atoms with E-state index in [-0.39, 0.29) is 0 Å². The Balaban J connectivity index is 1.59. The zero-order valence-corrected chi connectivity index (χ0v) is 13.4. The van der Waals surface area contributed by atoms with Crippen molar-refractivity contribution in [2.75, 3.05) is 12.8 Å². The molecule has 3 aromatic rings. The van der Waals surface area contributed by atoms with Crippen LogP contribution in [0.1, 0.15) is 11.1 Å². The van der Waals surface area contributed by atoms with Crippen molar-refractivity contribution in [1.82, 2.24) is 4.98 Å². The third-order valence-electron chi connectivity index (χ3n) is 4.24. The Morgan fingerprint density at radius 1 is 0.917 bits per heavy atom. The number of pyridine rings is 1. The van der Waals surface area contributed by atoms with Crippen molar-refractivity contribution < 1.29 is 4.74 Å². The van der Waals surface area contributed by atoms with Crippen LogP contribution in [-0.4, -0.2) is 17.8 Å². The molecule has 0 atom stereocenters. The molecule has 0 spiro atoms.